The first-order chi connectivity index (χ1) is 16.3. The fourth-order valence-corrected chi connectivity index (χ4v) is 5.26. The van der Waals surface area contributed by atoms with E-state index in [1.165, 1.54) is 16.4 Å². The van der Waals surface area contributed by atoms with Gasteiger partial charge in [0.05, 0.1) is 22.8 Å². The van der Waals surface area contributed by atoms with Crippen LogP contribution in [0.25, 0.3) is 0 Å². The molecule has 7 nitrogen and oxygen atoms in total. The van der Waals surface area contributed by atoms with E-state index < -0.39 is 15.9 Å². The number of benzene rings is 3. The number of hydrogen-bond acceptors (Lipinski definition) is 5. The van der Waals surface area contributed by atoms with Crippen molar-refractivity contribution in [3.8, 4) is 5.75 Å². The lowest BCUT2D eigenvalue weighted by atomic mass is 10.2. The molecule has 3 rings (SSSR count). The number of nitrogens with zero attached hydrogens (tertiary/aromatic N) is 1. The number of nitrogens with one attached hydrogen (secondary N) is 2. The van der Waals surface area contributed by atoms with Crippen molar-refractivity contribution in [2.24, 2.45) is 0 Å². The van der Waals surface area contributed by atoms with E-state index in [1.54, 1.807) is 61.5 Å². The van der Waals surface area contributed by atoms with Crippen molar-refractivity contribution >= 4 is 60.6 Å². The third-order valence-electron chi connectivity index (χ3n) is 4.74. The summed E-state index contributed by atoms with van der Waals surface area (Å²) in [4.78, 5) is 12.8. The minimum atomic E-state index is -3.73. The summed E-state index contributed by atoms with van der Waals surface area (Å²) in [5, 5.41) is 5.59. The number of halogens is 1. The molecule has 3 aromatic carbocycles. The smallest absolute Gasteiger partial charge is 0.264 e. The van der Waals surface area contributed by atoms with Gasteiger partial charge in [0, 0.05) is 16.7 Å². The Labute approximate surface area is 213 Å². The average Bonchev–Trinajstić information content (AvgIpc) is 2.81. The van der Waals surface area contributed by atoms with Crippen LogP contribution in [0.2, 0.25) is 0 Å². The van der Waals surface area contributed by atoms with Crippen molar-refractivity contribution in [2.75, 3.05) is 22.8 Å². The van der Waals surface area contributed by atoms with Crippen LogP contribution in [-0.2, 0) is 10.0 Å². The number of anilines is 2. The van der Waals surface area contributed by atoms with Gasteiger partial charge in [-0.15, -0.1) is 0 Å². The summed E-state index contributed by atoms with van der Waals surface area (Å²) in [5.74, 6) is 0.0161. The maximum atomic E-state index is 13.1. The average molecular weight is 563 g/mol. The standard InChI is InChI=1S/C24H24BrN3O4S2/c1-3-28(19-8-6-5-7-9-19)34(30,31)20-13-11-18(12-14-20)26-24(33)27-23(29)21-16-17(25)10-15-22(21)32-4-2/h5-16H,3-4H2,1-2H3,(H2,26,27,29,33). The van der Waals surface area contributed by atoms with Crippen LogP contribution in [0.15, 0.2) is 82.2 Å². The highest BCUT2D eigenvalue weighted by Gasteiger charge is 2.23. The molecule has 0 saturated heterocycles. The zero-order chi connectivity index (χ0) is 24.7. The Morgan fingerprint density at radius 2 is 1.71 bits per heavy atom. The van der Waals surface area contributed by atoms with E-state index in [9.17, 15) is 13.2 Å². The predicted octanol–water partition coefficient (Wildman–Crippen LogP) is 5.19. The number of rotatable bonds is 8. The number of carbonyl (C=O) groups is 1. The van der Waals surface area contributed by atoms with Gasteiger partial charge >= 0.3 is 0 Å². The third-order valence-corrected chi connectivity index (χ3v) is 7.36. The molecule has 0 heterocycles. The molecule has 0 aliphatic rings. The van der Waals surface area contributed by atoms with Crippen LogP contribution < -0.4 is 19.7 Å². The Morgan fingerprint density at radius 1 is 1.03 bits per heavy atom. The van der Waals surface area contributed by atoms with Gasteiger partial charge < -0.3 is 10.1 Å². The molecule has 0 aliphatic heterocycles. The molecule has 34 heavy (non-hydrogen) atoms. The molecule has 2 N–H and O–H groups in total. The van der Waals surface area contributed by atoms with Crippen LogP contribution in [0.1, 0.15) is 24.2 Å². The second kappa shape index (κ2) is 11.5. The van der Waals surface area contributed by atoms with Crippen molar-refractivity contribution in [3.63, 3.8) is 0 Å². The molecule has 0 aromatic heterocycles. The van der Waals surface area contributed by atoms with E-state index in [4.69, 9.17) is 17.0 Å². The summed E-state index contributed by atoms with van der Waals surface area (Å²) in [6.07, 6.45) is 0. The first kappa shape index (κ1) is 25.7. The van der Waals surface area contributed by atoms with Crippen LogP contribution in [0.4, 0.5) is 11.4 Å². The van der Waals surface area contributed by atoms with Crippen LogP contribution in [-0.4, -0.2) is 32.6 Å². The van der Waals surface area contributed by atoms with Crippen LogP contribution in [0.3, 0.4) is 0 Å². The lowest BCUT2D eigenvalue weighted by molar-refractivity contribution is 0.0974. The van der Waals surface area contributed by atoms with E-state index in [-0.39, 0.29) is 10.0 Å². The molecule has 0 fully saturated rings. The summed E-state index contributed by atoms with van der Waals surface area (Å²) in [6.45, 7) is 4.32. The molecule has 0 unspecified atom stereocenters. The number of para-hydroxylation sites is 1. The van der Waals surface area contributed by atoms with E-state index in [0.717, 1.165) is 4.47 Å². The molecule has 0 atom stereocenters. The highest BCUT2D eigenvalue weighted by molar-refractivity contribution is 9.10. The first-order valence-electron chi connectivity index (χ1n) is 10.5. The number of hydrogen-bond donors (Lipinski definition) is 2. The highest BCUT2D eigenvalue weighted by Crippen LogP contribution is 2.25. The molecule has 1 amide bonds. The van der Waals surface area contributed by atoms with Crippen LogP contribution in [0, 0.1) is 0 Å². The monoisotopic (exact) mass is 561 g/mol. The minimum absolute atomic E-state index is 0.0718. The Kier molecular flexibility index (Phi) is 8.65. The fraction of sp³-hybridized carbons (Fsp3) is 0.167. The number of ether oxygens (including phenoxy) is 1. The van der Waals surface area contributed by atoms with Gasteiger partial charge in [-0.25, -0.2) is 8.42 Å². The normalized spacial score (nSPS) is 10.9. The molecule has 0 bridgehead atoms. The second-order valence-corrected chi connectivity index (χ2v) is 10.2. The van der Waals surface area contributed by atoms with Crippen molar-refractivity contribution in [2.45, 2.75) is 18.7 Å². The fourth-order valence-electron chi connectivity index (χ4n) is 3.22. The van der Waals surface area contributed by atoms with E-state index in [0.29, 0.717) is 35.8 Å². The molecule has 0 radical (unpaired) electrons. The van der Waals surface area contributed by atoms with Crippen LogP contribution in [0.5, 0.6) is 5.75 Å². The first-order valence-corrected chi connectivity index (χ1v) is 13.1. The maximum absolute atomic E-state index is 13.1. The topological polar surface area (TPSA) is 87.7 Å². The van der Waals surface area contributed by atoms with Gasteiger partial charge in [-0.1, -0.05) is 34.1 Å². The Morgan fingerprint density at radius 3 is 2.32 bits per heavy atom. The second-order valence-electron chi connectivity index (χ2n) is 7.01. The van der Waals surface area contributed by atoms with Crippen LogP contribution >= 0.6 is 28.1 Å². The lowest BCUT2D eigenvalue weighted by Gasteiger charge is -2.23. The predicted molar refractivity (Wildman–Crippen MR) is 142 cm³/mol. The zero-order valence-electron chi connectivity index (χ0n) is 18.6. The number of thiocarbonyl (C=S) groups is 1. The molecule has 10 heteroatoms. The molecule has 0 saturated carbocycles. The lowest BCUT2D eigenvalue weighted by Crippen LogP contribution is -2.34. The van der Waals surface area contributed by atoms with Gasteiger partial charge in [-0.3, -0.25) is 14.4 Å². The molecule has 0 spiro atoms. The number of carbonyl (C=O) groups excluding carboxylic acids is 1. The Hall–Kier alpha value is -2.95. The van der Waals surface area contributed by atoms with Crippen molar-refractivity contribution in [1.82, 2.24) is 5.32 Å². The summed E-state index contributed by atoms with van der Waals surface area (Å²) in [6, 6.07) is 20.2. The molecular formula is C24H24BrN3O4S2. The number of sulfonamides is 1. The van der Waals surface area contributed by atoms with Crippen molar-refractivity contribution in [3.05, 3.63) is 82.8 Å². The summed E-state index contributed by atoms with van der Waals surface area (Å²) < 4.78 is 33.8. The maximum Gasteiger partial charge on any atom is 0.264 e. The Bertz CT molecular complexity index is 1270. The summed E-state index contributed by atoms with van der Waals surface area (Å²) in [5.41, 5.74) is 1.46. The quantitative estimate of drug-likeness (QED) is 0.368. The van der Waals surface area contributed by atoms with Gasteiger partial charge in [-0.2, -0.15) is 0 Å². The van der Waals surface area contributed by atoms with E-state index in [1.807, 2.05) is 13.0 Å². The highest BCUT2D eigenvalue weighted by atomic mass is 79.9. The SMILES string of the molecule is CCOc1ccc(Br)cc1C(=O)NC(=S)Nc1ccc(S(=O)(=O)N(CC)c2ccccc2)cc1. The molecule has 178 valence electrons. The van der Waals surface area contributed by atoms with Gasteiger partial charge in [0.1, 0.15) is 5.75 Å². The van der Waals surface area contributed by atoms with Gasteiger partial charge in [0.15, 0.2) is 5.11 Å². The van der Waals surface area contributed by atoms with Gasteiger partial charge in [0.2, 0.25) is 0 Å². The van der Waals surface area contributed by atoms with Gasteiger partial charge in [0.25, 0.3) is 15.9 Å². The number of amides is 1. The molecule has 0 aliphatic carbocycles. The van der Waals surface area contributed by atoms with Gasteiger partial charge in [-0.05, 0) is 80.7 Å². The van der Waals surface area contributed by atoms with Crippen molar-refractivity contribution in [1.29, 1.82) is 0 Å². The summed E-state index contributed by atoms with van der Waals surface area (Å²) in [7, 11) is -3.73. The largest absolute Gasteiger partial charge is 0.493 e. The zero-order valence-corrected chi connectivity index (χ0v) is 21.8. The van der Waals surface area contributed by atoms with E-state index >= 15 is 0 Å². The third kappa shape index (κ3) is 6.13. The summed E-state index contributed by atoms with van der Waals surface area (Å²) >= 11 is 8.61. The Balaban J connectivity index is 1.70. The van der Waals surface area contributed by atoms with Crippen molar-refractivity contribution < 1.29 is 17.9 Å². The minimum Gasteiger partial charge on any atom is -0.493 e. The molecule has 3 aromatic rings. The van der Waals surface area contributed by atoms with E-state index in [2.05, 4.69) is 26.6 Å². The molecular weight excluding hydrogens is 538 g/mol.